The summed E-state index contributed by atoms with van der Waals surface area (Å²) in [5, 5.41) is 3.00. The van der Waals surface area contributed by atoms with Crippen molar-refractivity contribution in [2.75, 3.05) is 25.3 Å². The molecule has 0 bridgehead atoms. The first-order valence-electron chi connectivity index (χ1n) is 5.18. The van der Waals surface area contributed by atoms with Crippen molar-refractivity contribution in [3.63, 3.8) is 0 Å². The molecule has 1 aromatic carbocycles. The summed E-state index contributed by atoms with van der Waals surface area (Å²) in [5.74, 6) is 0.337. The van der Waals surface area contributed by atoms with Gasteiger partial charge in [-0.25, -0.2) is 0 Å². The van der Waals surface area contributed by atoms with E-state index >= 15 is 0 Å². The van der Waals surface area contributed by atoms with E-state index in [1.54, 1.807) is 12.1 Å². The number of anilines is 3. The molecule has 0 fully saturated rings. The van der Waals surface area contributed by atoms with Crippen molar-refractivity contribution in [2.45, 2.75) is 0 Å². The Morgan fingerprint density at radius 1 is 0.944 bits per heavy atom. The van der Waals surface area contributed by atoms with Crippen LogP contribution in [0.3, 0.4) is 0 Å². The number of methoxy groups -OCH3 is 2. The molecule has 7 heteroatoms. The summed E-state index contributed by atoms with van der Waals surface area (Å²) in [6, 6.07) is 7.55. The van der Waals surface area contributed by atoms with Gasteiger partial charge in [-0.3, -0.25) is 0 Å². The predicted octanol–water partition coefficient (Wildman–Crippen LogP) is 1.21. The van der Waals surface area contributed by atoms with Gasteiger partial charge in [-0.1, -0.05) is 0 Å². The van der Waals surface area contributed by atoms with Gasteiger partial charge in [0.25, 0.3) is 0 Å². The molecule has 0 aliphatic rings. The minimum Gasteiger partial charge on any atom is -0.467 e. The number of nitrogens with zero attached hydrogens (tertiary/aromatic N) is 3. The minimum atomic E-state index is 0.180. The Balaban J connectivity index is 2.25. The SMILES string of the molecule is COc1nc(Nc2ccc(N)cc2)nc(OC)n1. The van der Waals surface area contributed by atoms with Crippen LogP contribution in [0.15, 0.2) is 24.3 Å². The number of nitrogens with two attached hydrogens (primary N) is 1. The van der Waals surface area contributed by atoms with Gasteiger partial charge in [-0.2, -0.15) is 9.97 Å². The largest absolute Gasteiger partial charge is 0.467 e. The molecule has 0 saturated heterocycles. The summed E-state index contributed by atoms with van der Waals surface area (Å²) < 4.78 is 9.90. The second kappa shape index (κ2) is 5.17. The molecule has 7 nitrogen and oxygen atoms in total. The van der Waals surface area contributed by atoms with Crippen molar-refractivity contribution in [1.29, 1.82) is 0 Å². The highest BCUT2D eigenvalue weighted by Gasteiger charge is 2.06. The second-order valence-corrected chi connectivity index (χ2v) is 3.38. The third kappa shape index (κ3) is 2.76. The van der Waals surface area contributed by atoms with Crippen LogP contribution in [0.5, 0.6) is 12.0 Å². The van der Waals surface area contributed by atoms with E-state index in [0.29, 0.717) is 11.6 Å². The fraction of sp³-hybridized carbons (Fsp3) is 0.182. The first-order chi connectivity index (χ1) is 8.71. The Labute approximate surface area is 104 Å². The Kier molecular flexibility index (Phi) is 3.42. The molecule has 2 rings (SSSR count). The maximum atomic E-state index is 5.60. The molecule has 0 saturated carbocycles. The molecule has 0 aliphatic heterocycles. The highest BCUT2D eigenvalue weighted by Crippen LogP contribution is 2.18. The third-order valence-corrected chi connectivity index (χ3v) is 2.13. The van der Waals surface area contributed by atoms with Gasteiger partial charge in [0.1, 0.15) is 0 Å². The summed E-state index contributed by atoms with van der Waals surface area (Å²) in [5.41, 5.74) is 7.09. The Bertz CT molecular complexity index is 507. The Morgan fingerprint density at radius 2 is 1.50 bits per heavy atom. The summed E-state index contributed by atoms with van der Waals surface area (Å²) in [4.78, 5) is 12.0. The van der Waals surface area contributed by atoms with E-state index in [1.807, 2.05) is 12.1 Å². The van der Waals surface area contributed by atoms with Crippen LogP contribution in [0.1, 0.15) is 0 Å². The molecule has 2 aromatic rings. The number of rotatable bonds is 4. The quantitative estimate of drug-likeness (QED) is 0.784. The van der Waals surface area contributed by atoms with Gasteiger partial charge in [-0.15, -0.1) is 4.98 Å². The number of nitrogens with one attached hydrogen (secondary N) is 1. The van der Waals surface area contributed by atoms with Crippen molar-refractivity contribution in [3.8, 4) is 12.0 Å². The Morgan fingerprint density at radius 3 is 2.00 bits per heavy atom. The number of benzene rings is 1. The van der Waals surface area contributed by atoms with Crippen molar-refractivity contribution < 1.29 is 9.47 Å². The monoisotopic (exact) mass is 247 g/mol. The van der Waals surface area contributed by atoms with E-state index in [1.165, 1.54) is 14.2 Å². The van der Waals surface area contributed by atoms with E-state index in [9.17, 15) is 0 Å². The normalized spacial score (nSPS) is 9.89. The van der Waals surface area contributed by atoms with Crippen LogP contribution in [0.25, 0.3) is 0 Å². The molecule has 0 unspecified atom stereocenters. The number of hydrogen-bond acceptors (Lipinski definition) is 7. The number of aromatic nitrogens is 3. The zero-order valence-corrected chi connectivity index (χ0v) is 10.0. The van der Waals surface area contributed by atoms with Gasteiger partial charge in [0, 0.05) is 11.4 Å². The number of hydrogen-bond donors (Lipinski definition) is 2. The highest BCUT2D eigenvalue weighted by molar-refractivity contribution is 5.57. The lowest BCUT2D eigenvalue weighted by molar-refractivity contribution is 0.341. The first kappa shape index (κ1) is 11.9. The molecule has 0 radical (unpaired) electrons. The predicted molar refractivity (Wildman–Crippen MR) is 67.1 cm³/mol. The standard InChI is InChI=1S/C11H13N5O2/c1-17-10-14-9(15-11(16-10)18-2)13-8-5-3-7(12)4-6-8/h3-6H,12H2,1-2H3,(H,13,14,15,16). The summed E-state index contributed by atoms with van der Waals surface area (Å²) in [6.07, 6.45) is 0. The van der Waals surface area contributed by atoms with Crippen LogP contribution in [-0.4, -0.2) is 29.2 Å². The summed E-state index contributed by atoms with van der Waals surface area (Å²) in [6.45, 7) is 0. The topological polar surface area (TPSA) is 95.2 Å². The Hall–Kier alpha value is -2.57. The maximum absolute atomic E-state index is 5.60. The molecule has 0 atom stereocenters. The average Bonchev–Trinajstić information content (AvgIpc) is 2.41. The number of ether oxygens (including phenoxy) is 2. The molecule has 94 valence electrons. The zero-order chi connectivity index (χ0) is 13.0. The van der Waals surface area contributed by atoms with E-state index < -0.39 is 0 Å². The molecule has 1 aromatic heterocycles. The minimum absolute atomic E-state index is 0.180. The van der Waals surface area contributed by atoms with Gasteiger partial charge >= 0.3 is 12.0 Å². The molecule has 0 aliphatic carbocycles. The third-order valence-electron chi connectivity index (χ3n) is 2.13. The van der Waals surface area contributed by atoms with Crippen LogP contribution in [0, 0.1) is 0 Å². The van der Waals surface area contributed by atoms with E-state index in [-0.39, 0.29) is 12.0 Å². The summed E-state index contributed by atoms with van der Waals surface area (Å²) in [7, 11) is 2.95. The van der Waals surface area contributed by atoms with Crippen LogP contribution in [0.4, 0.5) is 17.3 Å². The van der Waals surface area contributed by atoms with E-state index in [0.717, 1.165) is 5.69 Å². The first-order valence-corrected chi connectivity index (χ1v) is 5.18. The van der Waals surface area contributed by atoms with Crippen LogP contribution >= 0.6 is 0 Å². The van der Waals surface area contributed by atoms with Crippen LogP contribution in [-0.2, 0) is 0 Å². The number of nitrogen functional groups attached to an aromatic ring is 1. The highest BCUT2D eigenvalue weighted by atomic mass is 16.5. The van der Waals surface area contributed by atoms with Gasteiger partial charge in [0.15, 0.2) is 0 Å². The molecular weight excluding hydrogens is 234 g/mol. The maximum Gasteiger partial charge on any atom is 0.324 e. The fourth-order valence-corrected chi connectivity index (χ4v) is 1.27. The zero-order valence-electron chi connectivity index (χ0n) is 10.0. The average molecular weight is 247 g/mol. The fourth-order valence-electron chi connectivity index (χ4n) is 1.27. The molecule has 3 N–H and O–H groups in total. The van der Waals surface area contributed by atoms with Gasteiger partial charge in [0.2, 0.25) is 5.95 Å². The molecule has 0 spiro atoms. The molecule has 0 amide bonds. The van der Waals surface area contributed by atoms with Crippen LogP contribution < -0.4 is 20.5 Å². The lowest BCUT2D eigenvalue weighted by Gasteiger charge is -2.07. The molecular formula is C11H13N5O2. The lowest BCUT2D eigenvalue weighted by atomic mass is 10.3. The lowest BCUT2D eigenvalue weighted by Crippen LogP contribution is -2.03. The van der Waals surface area contributed by atoms with Crippen molar-refractivity contribution >= 4 is 17.3 Å². The smallest absolute Gasteiger partial charge is 0.324 e. The molecule has 1 heterocycles. The van der Waals surface area contributed by atoms with E-state index in [2.05, 4.69) is 20.3 Å². The van der Waals surface area contributed by atoms with Crippen molar-refractivity contribution in [3.05, 3.63) is 24.3 Å². The van der Waals surface area contributed by atoms with Gasteiger partial charge in [-0.05, 0) is 24.3 Å². The van der Waals surface area contributed by atoms with Crippen LogP contribution in [0.2, 0.25) is 0 Å². The molecule has 18 heavy (non-hydrogen) atoms. The van der Waals surface area contributed by atoms with Gasteiger partial charge < -0.3 is 20.5 Å². The van der Waals surface area contributed by atoms with Gasteiger partial charge in [0.05, 0.1) is 14.2 Å². The van der Waals surface area contributed by atoms with Crippen molar-refractivity contribution in [1.82, 2.24) is 15.0 Å². The van der Waals surface area contributed by atoms with E-state index in [4.69, 9.17) is 15.2 Å². The summed E-state index contributed by atoms with van der Waals surface area (Å²) >= 11 is 0. The van der Waals surface area contributed by atoms with Crippen molar-refractivity contribution in [2.24, 2.45) is 0 Å². The second-order valence-electron chi connectivity index (χ2n) is 3.38.